The van der Waals surface area contributed by atoms with Crippen molar-refractivity contribution in [3.8, 4) is 0 Å². The average Bonchev–Trinajstić information content (AvgIpc) is 2.46. The normalized spacial score (nSPS) is 31.1. The molecule has 16 heavy (non-hydrogen) atoms. The summed E-state index contributed by atoms with van der Waals surface area (Å²) < 4.78 is 9.97. The van der Waals surface area contributed by atoms with Crippen molar-refractivity contribution in [2.45, 2.75) is 32.2 Å². The Kier molecular flexibility index (Phi) is 4.46. The van der Waals surface area contributed by atoms with Crippen LogP contribution in [0.15, 0.2) is 11.6 Å². The maximum Gasteiger partial charge on any atom is 0.315 e. The van der Waals surface area contributed by atoms with Gasteiger partial charge >= 0.3 is 5.97 Å². The smallest absolute Gasteiger partial charge is 0.315 e. The Morgan fingerprint density at radius 1 is 1.62 bits per heavy atom. The molecule has 5 heteroatoms. The number of methoxy groups -OCH3 is 1. The molecule has 1 aliphatic rings. The third-order valence-electron chi connectivity index (χ3n) is 2.61. The van der Waals surface area contributed by atoms with Crippen molar-refractivity contribution in [3.05, 3.63) is 11.6 Å². The molecule has 0 radical (unpaired) electrons. The van der Waals surface area contributed by atoms with Crippen molar-refractivity contribution in [1.82, 2.24) is 0 Å². The molecule has 0 spiro atoms. The first kappa shape index (κ1) is 13.2. The van der Waals surface area contributed by atoms with Crippen LogP contribution in [-0.4, -0.2) is 48.2 Å². The molecule has 0 aromatic rings. The first-order valence-corrected chi connectivity index (χ1v) is 5.18. The van der Waals surface area contributed by atoms with Crippen molar-refractivity contribution >= 4 is 5.97 Å². The predicted molar refractivity (Wildman–Crippen MR) is 56.7 cm³/mol. The number of ether oxygens (including phenoxy) is 2. The lowest BCUT2D eigenvalue weighted by Crippen LogP contribution is -2.38. The molecule has 0 aliphatic carbocycles. The maximum atomic E-state index is 11.5. The summed E-state index contributed by atoms with van der Waals surface area (Å²) in [6.45, 7) is 3.39. The summed E-state index contributed by atoms with van der Waals surface area (Å²) >= 11 is 0. The van der Waals surface area contributed by atoms with Gasteiger partial charge in [0.25, 0.3) is 0 Å². The Labute approximate surface area is 94.7 Å². The number of esters is 1. The quantitative estimate of drug-likeness (QED) is 0.519. The summed E-state index contributed by atoms with van der Waals surface area (Å²) in [5.74, 6) is -1.36. The highest BCUT2D eigenvalue weighted by Gasteiger charge is 2.47. The average molecular weight is 230 g/mol. The minimum atomic E-state index is -0.973. The van der Waals surface area contributed by atoms with Gasteiger partial charge in [-0.3, -0.25) is 4.79 Å². The van der Waals surface area contributed by atoms with Crippen molar-refractivity contribution in [1.29, 1.82) is 0 Å². The van der Waals surface area contributed by atoms with Crippen LogP contribution in [0.2, 0.25) is 0 Å². The molecule has 4 atom stereocenters. The lowest BCUT2D eigenvalue weighted by molar-refractivity contribution is -0.147. The van der Waals surface area contributed by atoms with E-state index in [1.54, 1.807) is 6.08 Å². The maximum absolute atomic E-state index is 11.5. The molecule has 0 saturated carbocycles. The van der Waals surface area contributed by atoms with E-state index < -0.39 is 30.2 Å². The third kappa shape index (κ3) is 2.61. The SMILES string of the molecule is CO[C@H](CO)[C@@H]1C(=O)O[C@H](C=C(C)C)[C@H]1O. The summed E-state index contributed by atoms with van der Waals surface area (Å²) in [6, 6.07) is 0. The molecule has 1 fully saturated rings. The van der Waals surface area contributed by atoms with Crippen LogP contribution in [0.25, 0.3) is 0 Å². The van der Waals surface area contributed by atoms with E-state index in [1.165, 1.54) is 7.11 Å². The zero-order valence-electron chi connectivity index (χ0n) is 9.71. The highest BCUT2D eigenvalue weighted by Crippen LogP contribution is 2.27. The monoisotopic (exact) mass is 230 g/mol. The van der Waals surface area contributed by atoms with Gasteiger partial charge in [0.15, 0.2) is 0 Å². The van der Waals surface area contributed by atoms with Gasteiger partial charge in [0.1, 0.15) is 18.1 Å². The fourth-order valence-corrected chi connectivity index (χ4v) is 1.79. The fraction of sp³-hybridized carbons (Fsp3) is 0.727. The number of carbonyl (C=O) groups excluding carboxylic acids is 1. The lowest BCUT2D eigenvalue weighted by atomic mass is 9.95. The van der Waals surface area contributed by atoms with Crippen molar-refractivity contribution in [2.24, 2.45) is 5.92 Å². The number of aliphatic hydroxyl groups excluding tert-OH is 2. The first-order valence-electron chi connectivity index (χ1n) is 5.18. The number of rotatable bonds is 4. The van der Waals surface area contributed by atoms with Crippen LogP contribution >= 0.6 is 0 Å². The first-order chi connectivity index (χ1) is 7.51. The van der Waals surface area contributed by atoms with Gasteiger partial charge in [-0.05, 0) is 19.9 Å². The molecule has 92 valence electrons. The minimum Gasteiger partial charge on any atom is -0.455 e. The van der Waals surface area contributed by atoms with Gasteiger partial charge in [0, 0.05) is 7.11 Å². The van der Waals surface area contributed by atoms with Crippen LogP contribution in [0.4, 0.5) is 0 Å². The standard InChI is InChI=1S/C11H18O5/c1-6(2)4-7-10(13)9(11(14)16-7)8(5-12)15-3/h4,7-10,12-13H,5H2,1-3H3/t7-,8-,9+,10-/m1/s1. The lowest BCUT2D eigenvalue weighted by Gasteiger charge is -2.19. The number of hydrogen-bond acceptors (Lipinski definition) is 5. The number of carbonyl (C=O) groups is 1. The summed E-state index contributed by atoms with van der Waals surface area (Å²) in [7, 11) is 1.38. The molecule has 0 bridgehead atoms. The molecule has 0 aromatic heterocycles. The van der Waals surface area contributed by atoms with E-state index in [1.807, 2.05) is 13.8 Å². The van der Waals surface area contributed by atoms with Gasteiger partial charge in [0.05, 0.1) is 12.7 Å². The highest BCUT2D eigenvalue weighted by molar-refractivity contribution is 5.76. The molecule has 1 aliphatic heterocycles. The van der Waals surface area contributed by atoms with Gasteiger partial charge in [-0.1, -0.05) is 5.57 Å². The number of cyclic esters (lactones) is 1. The van der Waals surface area contributed by atoms with Crippen LogP contribution in [0.1, 0.15) is 13.8 Å². The Bertz CT molecular complexity index is 278. The zero-order valence-corrected chi connectivity index (χ0v) is 9.71. The predicted octanol–water partition coefficient (Wildman–Crippen LogP) is -0.138. The second kappa shape index (κ2) is 5.43. The molecule has 5 nitrogen and oxygen atoms in total. The number of allylic oxidation sites excluding steroid dienone is 1. The minimum absolute atomic E-state index is 0.325. The fourth-order valence-electron chi connectivity index (χ4n) is 1.79. The van der Waals surface area contributed by atoms with Gasteiger partial charge < -0.3 is 19.7 Å². The molecule has 1 saturated heterocycles. The van der Waals surface area contributed by atoms with Crippen LogP contribution in [0.3, 0.4) is 0 Å². The molecular weight excluding hydrogens is 212 g/mol. The highest BCUT2D eigenvalue weighted by atomic mass is 16.6. The topological polar surface area (TPSA) is 76.0 Å². The molecular formula is C11H18O5. The zero-order chi connectivity index (χ0) is 12.3. The van der Waals surface area contributed by atoms with Crippen LogP contribution in [0.5, 0.6) is 0 Å². The van der Waals surface area contributed by atoms with Gasteiger partial charge in [0.2, 0.25) is 0 Å². The van der Waals surface area contributed by atoms with E-state index in [2.05, 4.69) is 0 Å². The summed E-state index contributed by atoms with van der Waals surface area (Å²) in [5, 5.41) is 18.9. The third-order valence-corrected chi connectivity index (χ3v) is 2.61. The molecule has 1 heterocycles. The van der Waals surface area contributed by atoms with Gasteiger partial charge in [-0.25, -0.2) is 0 Å². The van der Waals surface area contributed by atoms with Crippen LogP contribution in [0, 0.1) is 5.92 Å². The van der Waals surface area contributed by atoms with E-state index in [4.69, 9.17) is 14.6 Å². The number of aliphatic hydroxyl groups is 2. The van der Waals surface area contributed by atoms with Crippen LogP contribution < -0.4 is 0 Å². The second-order valence-corrected chi connectivity index (χ2v) is 4.12. The van der Waals surface area contributed by atoms with Crippen LogP contribution in [-0.2, 0) is 14.3 Å². The van der Waals surface area contributed by atoms with E-state index in [-0.39, 0.29) is 6.61 Å². The second-order valence-electron chi connectivity index (χ2n) is 4.12. The van der Waals surface area contributed by atoms with E-state index in [9.17, 15) is 9.90 Å². The Hall–Kier alpha value is -0.910. The van der Waals surface area contributed by atoms with E-state index in [0.29, 0.717) is 0 Å². The van der Waals surface area contributed by atoms with Crippen molar-refractivity contribution in [3.63, 3.8) is 0 Å². The van der Waals surface area contributed by atoms with Crippen molar-refractivity contribution < 1.29 is 24.5 Å². The molecule has 0 unspecified atom stereocenters. The van der Waals surface area contributed by atoms with E-state index >= 15 is 0 Å². The molecule has 0 aromatic carbocycles. The van der Waals surface area contributed by atoms with Gasteiger partial charge in [-0.15, -0.1) is 0 Å². The summed E-state index contributed by atoms with van der Waals surface area (Å²) in [4.78, 5) is 11.5. The molecule has 1 rings (SSSR count). The number of hydrogen-bond donors (Lipinski definition) is 2. The Morgan fingerprint density at radius 3 is 2.69 bits per heavy atom. The molecule has 2 N–H and O–H groups in total. The van der Waals surface area contributed by atoms with E-state index in [0.717, 1.165) is 5.57 Å². The summed E-state index contributed by atoms with van der Waals surface area (Å²) in [5.41, 5.74) is 0.954. The largest absolute Gasteiger partial charge is 0.455 e. The molecule has 0 amide bonds. The summed E-state index contributed by atoms with van der Waals surface area (Å²) in [6.07, 6.45) is -0.656. The van der Waals surface area contributed by atoms with Crippen molar-refractivity contribution in [2.75, 3.05) is 13.7 Å². The Morgan fingerprint density at radius 2 is 2.25 bits per heavy atom. The Balaban J connectivity index is 2.82. The van der Waals surface area contributed by atoms with Gasteiger partial charge in [-0.2, -0.15) is 0 Å².